The molecular formula is C31H54FN5O2. The van der Waals surface area contributed by atoms with Crippen LogP contribution in [0.1, 0.15) is 135 Å². The number of ether oxygens (including phenoxy) is 1. The van der Waals surface area contributed by atoms with Gasteiger partial charge in [0.05, 0.1) is 6.61 Å². The Balaban J connectivity index is 1.16. The van der Waals surface area contributed by atoms with Crippen molar-refractivity contribution in [1.29, 1.82) is 0 Å². The van der Waals surface area contributed by atoms with Crippen molar-refractivity contribution in [3.63, 3.8) is 0 Å². The zero-order valence-electron chi connectivity index (χ0n) is 24.5. The minimum atomic E-state index is -1.21. The number of alkyl halides is 1. The predicted octanol–water partition coefficient (Wildman–Crippen LogP) is 7.20. The average Bonchev–Trinajstić information content (AvgIpc) is 3.47. The van der Waals surface area contributed by atoms with Gasteiger partial charge in [-0.25, -0.2) is 4.39 Å². The first-order chi connectivity index (χ1) is 19.1. The van der Waals surface area contributed by atoms with Gasteiger partial charge in [0.1, 0.15) is 11.7 Å². The third-order valence-electron chi connectivity index (χ3n) is 8.79. The topological polar surface area (TPSA) is 92.8 Å². The molecule has 1 saturated heterocycles. The second kappa shape index (κ2) is 18.5. The van der Waals surface area contributed by atoms with E-state index in [0.29, 0.717) is 50.5 Å². The fourth-order valence-electron chi connectivity index (χ4n) is 6.30. The van der Waals surface area contributed by atoms with Crippen LogP contribution in [0, 0.1) is 11.8 Å². The second-order valence-electron chi connectivity index (χ2n) is 12.0. The number of halogens is 1. The number of esters is 1. The van der Waals surface area contributed by atoms with Gasteiger partial charge in [0.25, 0.3) is 0 Å². The molecule has 7 nitrogen and oxygen atoms in total. The number of aromatic nitrogens is 4. The first-order valence-corrected chi connectivity index (χ1v) is 16.1. The lowest BCUT2D eigenvalue weighted by atomic mass is 9.67. The molecule has 0 aromatic carbocycles. The van der Waals surface area contributed by atoms with E-state index in [-0.39, 0.29) is 17.9 Å². The summed E-state index contributed by atoms with van der Waals surface area (Å²) in [6, 6.07) is -0.306. The highest BCUT2D eigenvalue weighted by Gasteiger charge is 2.44. The van der Waals surface area contributed by atoms with Gasteiger partial charge in [0.2, 0.25) is 0 Å². The highest BCUT2D eigenvalue weighted by Crippen LogP contribution is 2.44. The molecular weight excluding hydrogens is 493 g/mol. The lowest BCUT2D eigenvalue weighted by Gasteiger charge is -2.44. The molecule has 0 bridgehead atoms. The van der Waals surface area contributed by atoms with Gasteiger partial charge in [-0.3, -0.25) is 4.79 Å². The summed E-state index contributed by atoms with van der Waals surface area (Å²) in [5.74, 6) is 1.06. The molecule has 0 unspecified atom stereocenters. The molecule has 39 heavy (non-hydrogen) atoms. The van der Waals surface area contributed by atoms with Crippen LogP contribution in [-0.2, 0) is 16.0 Å². The van der Waals surface area contributed by atoms with Crippen molar-refractivity contribution in [2.24, 2.45) is 11.8 Å². The number of nitrogens with zero attached hydrogens (tertiary/aromatic N) is 3. The number of H-pyrrole nitrogens is 1. The van der Waals surface area contributed by atoms with E-state index in [9.17, 15) is 4.79 Å². The summed E-state index contributed by atoms with van der Waals surface area (Å²) in [7, 11) is 0. The molecule has 1 aliphatic heterocycles. The summed E-state index contributed by atoms with van der Waals surface area (Å²) in [4.78, 5) is 12.7. The molecule has 1 aliphatic carbocycles. The van der Waals surface area contributed by atoms with Gasteiger partial charge in [-0.2, -0.15) is 5.21 Å². The molecule has 0 spiro atoms. The predicted molar refractivity (Wildman–Crippen MR) is 154 cm³/mol. The average molecular weight is 548 g/mol. The minimum absolute atomic E-state index is 0.164. The van der Waals surface area contributed by atoms with Crippen LogP contribution in [0.15, 0.2) is 12.2 Å². The van der Waals surface area contributed by atoms with Crippen LogP contribution in [0.25, 0.3) is 0 Å². The normalized spacial score (nSPS) is 25.1. The van der Waals surface area contributed by atoms with Gasteiger partial charge in [-0.1, -0.05) is 82.1 Å². The first-order valence-electron chi connectivity index (χ1n) is 16.1. The van der Waals surface area contributed by atoms with Crippen LogP contribution < -0.4 is 5.32 Å². The second-order valence-corrected chi connectivity index (χ2v) is 12.0. The van der Waals surface area contributed by atoms with E-state index in [1.54, 1.807) is 0 Å². The third-order valence-corrected chi connectivity index (χ3v) is 8.79. The number of hydrogen-bond acceptors (Lipinski definition) is 6. The molecule has 2 aliphatic rings. The van der Waals surface area contributed by atoms with Gasteiger partial charge >= 0.3 is 5.97 Å². The van der Waals surface area contributed by atoms with E-state index in [1.165, 1.54) is 77.0 Å². The number of fused-ring (bicyclic) bond motifs is 1. The Morgan fingerprint density at radius 2 is 1.69 bits per heavy atom. The van der Waals surface area contributed by atoms with Crippen LogP contribution >= 0.6 is 0 Å². The Hall–Kier alpha value is -1.83. The summed E-state index contributed by atoms with van der Waals surface area (Å²) in [6.07, 6.45) is 25.9. The number of aryl methyl sites for hydroxylation is 1. The number of carbonyl (C=O) groups excluding carboxylic acids is 1. The molecule has 1 aromatic heterocycles. The molecule has 0 radical (unpaired) electrons. The number of rotatable bonds is 20. The fourth-order valence-corrected chi connectivity index (χ4v) is 6.30. The summed E-state index contributed by atoms with van der Waals surface area (Å²) in [5.41, 5.74) is -1.21. The lowest BCUT2D eigenvalue weighted by molar-refractivity contribution is -0.148. The van der Waals surface area contributed by atoms with Crippen LogP contribution in [-0.4, -0.2) is 51.5 Å². The van der Waals surface area contributed by atoms with Crippen molar-refractivity contribution >= 4 is 5.97 Å². The summed E-state index contributed by atoms with van der Waals surface area (Å²) in [6.45, 7) is 3.53. The first kappa shape index (κ1) is 31.7. The highest BCUT2D eigenvalue weighted by atomic mass is 19.1. The number of aromatic amines is 1. The summed E-state index contributed by atoms with van der Waals surface area (Å²) < 4.78 is 21.2. The molecule has 4 atom stereocenters. The number of allylic oxidation sites excluding steroid dienone is 2. The van der Waals surface area contributed by atoms with Gasteiger partial charge in [-0.05, 0) is 82.6 Å². The van der Waals surface area contributed by atoms with E-state index >= 15 is 4.39 Å². The molecule has 2 heterocycles. The highest BCUT2D eigenvalue weighted by molar-refractivity contribution is 5.76. The zero-order chi connectivity index (χ0) is 27.6. The lowest BCUT2D eigenvalue weighted by Crippen LogP contribution is -2.52. The van der Waals surface area contributed by atoms with Crippen molar-refractivity contribution in [3.8, 4) is 0 Å². The molecule has 3 rings (SSSR count). The van der Waals surface area contributed by atoms with Crippen molar-refractivity contribution in [3.05, 3.63) is 18.0 Å². The SMILES string of the molecule is CCCCCCCC/C=C\CCCCCCCCOC(=O)[C@@H]1C[C@H]2C[C@@](F)(CCc3nn[nH]n3)CC[C@H]2CN1. The monoisotopic (exact) mass is 547 g/mol. The number of nitrogens with one attached hydrogen (secondary N) is 2. The molecule has 1 aromatic rings. The van der Waals surface area contributed by atoms with E-state index in [2.05, 4.69) is 45.0 Å². The number of tetrazole rings is 1. The summed E-state index contributed by atoms with van der Waals surface area (Å²) in [5, 5.41) is 17.2. The molecule has 8 heteroatoms. The van der Waals surface area contributed by atoms with E-state index in [1.807, 2.05) is 0 Å². The number of piperidine rings is 1. The van der Waals surface area contributed by atoms with Crippen LogP contribution in [0.5, 0.6) is 0 Å². The maximum atomic E-state index is 15.6. The van der Waals surface area contributed by atoms with Crippen LogP contribution in [0.2, 0.25) is 0 Å². The Labute approximate surface area is 235 Å². The number of unbranched alkanes of at least 4 members (excludes halogenated alkanes) is 12. The van der Waals surface area contributed by atoms with Crippen molar-refractivity contribution < 1.29 is 13.9 Å². The van der Waals surface area contributed by atoms with Crippen LogP contribution in [0.4, 0.5) is 4.39 Å². The van der Waals surface area contributed by atoms with E-state index in [4.69, 9.17) is 4.74 Å². The Morgan fingerprint density at radius 1 is 1.00 bits per heavy atom. The van der Waals surface area contributed by atoms with E-state index < -0.39 is 5.67 Å². The van der Waals surface area contributed by atoms with Gasteiger partial charge in [-0.15, -0.1) is 10.2 Å². The Bertz CT molecular complexity index is 805. The minimum Gasteiger partial charge on any atom is -0.465 e. The maximum Gasteiger partial charge on any atom is 0.323 e. The quantitative estimate of drug-likeness (QED) is 0.102. The molecule has 0 amide bonds. The van der Waals surface area contributed by atoms with Crippen molar-refractivity contribution in [1.82, 2.24) is 25.9 Å². The Morgan fingerprint density at radius 3 is 2.38 bits per heavy atom. The fraction of sp³-hybridized carbons (Fsp3) is 0.871. The summed E-state index contributed by atoms with van der Waals surface area (Å²) >= 11 is 0. The smallest absolute Gasteiger partial charge is 0.323 e. The standard InChI is InChI=1S/C31H54FN5O2/c1-2-3-4-5-6-7-8-9-10-11-12-13-14-15-16-17-22-39-30(38)28-23-27-24-31(32,20-18-26(27)25-33-28)21-19-29-34-36-37-35-29/h9-10,26-28,33H,2-8,11-25H2,1H3,(H,34,35,36,37)/b10-9-/t26-,27-,28-,31-/m0/s1. The molecule has 2 N–H and O–H groups in total. The van der Waals surface area contributed by atoms with Gasteiger partial charge in [0.15, 0.2) is 5.82 Å². The maximum absolute atomic E-state index is 15.6. The molecule has 2 fully saturated rings. The number of carbonyl (C=O) groups is 1. The van der Waals surface area contributed by atoms with Gasteiger partial charge < -0.3 is 10.1 Å². The van der Waals surface area contributed by atoms with E-state index in [0.717, 1.165) is 25.8 Å². The Kier molecular flexibility index (Phi) is 15.0. The molecule has 1 saturated carbocycles. The number of hydrogen-bond donors (Lipinski definition) is 2. The van der Waals surface area contributed by atoms with Crippen molar-refractivity contribution in [2.45, 2.75) is 147 Å². The largest absolute Gasteiger partial charge is 0.465 e. The zero-order valence-corrected chi connectivity index (χ0v) is 24.5. The van der Waals surface area contributed by atoms with Gasteiger partial charge in [0, 0.05) is 6.42 Å². The molecule has 222 valence electrons. The third kappa shape index (κ3) is 12.5. The van der Waals surface area contributed by atoms with Crippen LogP contribution in [0.3, 0.4) is 0 Å². The van der Waals surface area contributed by atoms with Crippen molar-refractivity contribution in [2.75, 3.05) is 13.2 Å².